The molecule has 0 aliphatic carbocycles. The van der Waals surface area contributed by atoms with Crippen LogP contribution in [0.1, 0.15) is 31.9 Å². The maximum Gasteiger partial charge on any atom is 0.0840 e. The van der Waals surface area contributed by atoms with Crippen LogP contribution in [-0.2, 0) is 12.0 Å². The molecule has 0 unspecified atom stereocenters. The largest absolute Gasteiger partial charge is 0.386 e. The molecule has 1 heteroatoms. The lowest BCUT2D eigenvalue weighted by atomic mass is 9.97. The minimum Gasteiger partial charge on any atom is -0.386 e. The van der Waals surface area contributed by atoms with Gasteiger partial charge in [0.25, 0.3) is 0 Å². The van der Waals surface area contributed by atoms with E-state index in [-0.39, 0.29) is 0 Å². The van der Waals surface area contributed by atoms with Crippen molar-refractivity contribution in [1.29, 1.82) is 0 Å². The van der Waals surface area contributed by atoms with Crippen LogP contribution in [0.15, 0.2) is 24.3 Å². The van der Waals surface area contributed by atoms with Crippen LogP contribution in [0.4, 0.5) is 0 Å². The van der Waals surface area contributed by atoms with Crippen LogP contribution in [0.5, 0.6) is 0 Å². The molecular weight excluding hydrogens is 148 g/mol. The maximum absolute atomic E-state index is 9.65. The van der Waals surface area contributed by atoms with Crippen LogP contribution in [0.3, 0.4) is 0 Å². The Morgan fingerprint density at radius 3 is 2.00 bits per heavy atom. The minimum atomic E-state index is -0.716. The van der Waals surface area contributed by atoms with Crippen molar-refractivity contribution < 1.29 is 5.11 Å². The zero-order valence-electron chi connectivity index (χ0n) is 7.96. The third-order valence-corrected chi connectivity index (χ3v) is 2.07. The molecule has 0 aromatic heterocycles. The second-order valence-electron chi connectivity index (χ2n) is 3.61. The van der Waals surface area contributed by atoms with E-state index < -0.39 is 5.60 Å². The molecule has 1 rings (SSSR count). The van der Waals surface area contributed by atoms with Crippen LogP contribution in [0, 0.1) is 0 Å². The van der Waals surface area contributed by atoms with E-state index in [2.05, 4.69) is 19.1 Å². The van der Waals surface area contributed by atoms with Crippen molar-refractivity contribution in [2.45, 2.75) is 32.8 Å². The van der Waals surface area contributed by atoms with Gasteiger partial charge in [-0.15, -0.1) is 0 Å². The molecule has 0 heterocycles. The number of rotatable bonds is 2. The Kier molecular flexibility index (Phi) is 2.53. The van der Waals surface area contributed by atoms with Crippen molar-refractivity contribution in [2.75, 3.05) is 0 Å². The Morgan fingerprint density at radius 1 is 1.17 bits per heavy atom. The van der Waals surface area contributed by atoms with Gasteiger partial charge in [0, 0.05) is 0 Å². The lowest BCUT2D eigenvalue weighted by molar-refractivity contribution is 0.0786. The highest BCUT2D eigenvalue weighted by Gasteiger charge is 2.14. The van der Waals surface area contributed by atoms with Crippen molar-refractivity contribution in [3.8, 4) is 0 Å². The minimum absolute atomic E-state index is 0.716. The molecule has 0 aliphatic heterocycles. The fraction of sp³-hybridized carbons (Fsp3) is 0.455. The summed E-state index contributed by atoms with van der Waals surface area (Å²) in [5.74, 6) is 0. The molecule has 1 aromatic rings. The second kappa shape index (κ2) is 3.28. The van der Waals surface area contributed by atoms with Gasteiger partial charge in [-0.3, -0.25) is 0 Å². The van der Waals surface area contributed by atoms with E-state index in [0.717, 1.165) is 12.0 Å². The topological polar surface area (TPSA) is 20.2 Å². The van der Waals surface area contributed by atoms with Crippen LogP contribution in [-0.4, -0.2) is 5.11 Å². The van der Waals surface area contributed by atoms with Gasteiger partial charge in [0.05, 0.1) is 5.60 Å². The molecule has 1 N–H and O–H groups in total. The molecule has 0 bridgehead atoms. The summed E-state index contributed by atoms with van der Waals surface area (Å²) in [6.45, 7) is 5.72. The molecule has 0 fully saturated rings. The molecule has 0 spiro atoms. The summed E-state index contributed by atoms with van der Waals surface area (Å²) in [6.07, 6.45) is 1.05. The van der Waals surface area contributed by atoms with Gasteiger partial charge in [0.15, 0.2) is 0 Å². The Balaban J connectivity index is 2.93. The summed E-state index contributed by atoms with van der Waals surface area (Å²) < 4.78 is 0. The molecule has 0 atom stereocenters. The highest BCUT2D eigenvalue weighted by Crippen LogP contribution is 2.19. The SMILES string of the molecule is CCc1ccc(C(C)(C)O)cc1. The fourth-order valence-corrected chi connectivity index (χ4v) is 1.15. The lowest BCUT2D eigenvalue weighted by Gasteiger charge is -2.17. The van der Waals surface area contributed by atoms with E-state index in [0.29, 0.717) is 0 Å². The van der Waals surface area contributed by atoms with E-state index in [4.69, 9.17) is 0 Å². The zero-order chi connectivity index (χ0) is 9.19. The summed E-state index contributed by atoms with van der Waals surface area (Å²) in [5, 5.41) is 9.65. The van der Waals surface area contributed by atoms with Gasteiger partial charge in [-0.2, -0.15) is 0 Å². The number of hydrogen-bond donors (Lipinski definition) is 1. The number of aliphatic hydroxyl groups is 1. The first kappa shape index (κ1) is 9.27. The maximum atomic E-state index is 9.65. The lowest BCUT2D eigenvalue weighted by Crippen LogP contribution is -2.15. The van der Waals surface area contributed by atoms with Gasteiger partial charge in [-0.05, 0) is 31.4 Å². The van der Waals surface area contributed by atoms with Gasteiger partial charge < -0.3 is 5.11 Å². The first-order valence-electron chi connectivity index (χ1n) is 4.36. The monoisotopic (exact) mass is 164 g/mol. The molecule has 1 aromatic carbocycles. The summed E-state index contributed by atoms with van der Waals surface area (Å²) in [4.78, 5) is 0. The highest BCUT2D eigenvalue weighted by molar-refractivity contribution is 5.26. The van der Waals surface area contributed by atoms with Crippen LogP contribution < -0.4 is 0 Å². The van der Waals surface area contributed by atoms with Crippen molar-refractivity contribution in [3.63, 3.8) is 0 Å². The summed E-state index contributed by atoms with van der Waals surface area (Å²) in [5.41, 5.74) is 1.56. The van der Waals surface area contributed by atoms with Gasteiger partial charge in [-0.1, -0.05) is 31.2 Å². The van der Waals surface area contributed by atoms with Gasteiger partial charge in [0.1, 0.15) is 0 Å². The molecule has 0 saturated heterocycles. The van der Waals surface area contributed by atoms with Crippen molar-refractivity contribution >= 4 is 0 Å². The Bertz CT molecular complexity index is 241. The zero-order valence-corrected chi connectivity index (χ0v) is 7.96. The first-order chi connectivity index (χ1) is 5.54. The Hall–Kier alpha value is -0.820. The predicted octanol–water partition coefficient (Wildman–Crippen LogP) is 2.48. The average molecular weight is 164 g/mol. The molecule has 66 valence electrons. The van der Waals surface area contributed by atoms with E-state index in [1.807, 2.05) is 12.1 Å². The van der Waals surface area contributed by atoms with E-state index in [1.54, 1.807) is 13.8 Å². The van der Waals surface area contributed by atoms with E-state index in [1.165, 1.54) is 5.56 Å². The molecular formula is C11H16O. The summed E-state index contributed by atoms with van der Waals surface area (Å²) >= 11 is 0. The molecule has 0 radical (unpaired) electrons. The number of hydrogen-bond acceptors (Lipinski definition) is 1. The first-order valence-corrected chi connectivity index (χ1v) is 4.36. The summed E-state index contributed by atoms with van der Waals surface area (Å²) in [7, 11) is 0. The normalized spacial score (nSPS) is 11.7. The fourth-order valence-electron chi connectivity index (χ4n) is 1.15. The number of benzene rings is 1. The number of aryl methyl sites for hydroxylation is 1. The molecule has 0 saturated carbocycles. The Morgan fingerprint density at radius 2 is 1.67 bits per heavy atom. The standard InChI is InChI=1S/C11H16O/c1-4-9-5-7-10(8-6-9)11(2,3)12/h5-8,12H,4H2,1-3H3. The van der Waals surface area contributed by atoms with Crippen molar-refractivity contribution in [1.82, 2.24) is 0 Å². The van der Waals surface area contributed by atoms with Crippen LogP contribution in [0.2, 0.25) is 0 Å². The van der Waals surface area contributed by atoms with Crippen LogP contribution >= 0.6 is 0 Å². The average Bonchev–Trinajstić information content (AvgIpc) is 2.03. The molecule has 12 heavy (non-hydrogen) atoms. The van der Waals surface area contributed by atoms with Gasteiger partial charge >= 0.3 is 0 Å². The molecule has 1 nitrogen and oxygen atoms in total. The Labute approximate surface area is 74.1 Å². The van der Waals surface area contributed by atoms with Gasteiger partial charge in [-0.25, -0.2) is 0 Å². The quantitative estimate of drug-likeness (QED) is 0.712. The molecule has 0 aliphatic rings. The smallest absolute Gasteiger partial charge is 0.0840 e. The van der Waals surface area contributed by atoms with E-state index in [9.17, 15) is 5.11 Å². The highest BCUT2D eigenvalue weighted by atomic mass is 16.3. The van der Waals surface area contributed by atoms with Crippen molar-refractivity contribution in [2.24, 2.45) is 0 Å². The van der Waals surface area contributed by atoms with Gasteiger partial charge in [0.2, 0.25) is 0 Å². The summed E-state index contributed by atoms with van der Waals surface area (Å²) in [6, 6.07) is 8.10. The second-order valence-corrected chi connectivity index (χ2v) is 3.61. The third kappa shape index (κ3) is 2.08. The van der Waals surface area contributed by atoms with E-state index >= 15 is 0 Å². The van der Waals surface area contributed by atoms with Crippen LogP contribution in [0.25, 0.3) is 0 Å². The predicted molar refractivity (Wildman–Crippen MR) is 51.1 cm³/mol. The molecule has 0 amide bonds. The third-order valence-electron chi connectivity index (χ3n) is 2.07. The van der Waals surface area contributed by atoms with Crippen molar-refractivity contribution in [3.05, 3.63) is 35.4 Å².